The number of hydrogen-bond donors (Lipinski definition) is 1. The topological polar surface area (TPSA) is 83.5 Å². The van der Waals surface area contributed by atoms with Gasteiger partial charge in [0.2, 0.25) is 11.5 Å². The molecule has 0 saturated carbocycles. The Labute approximate surface area is 193 Å². The van der Waals surface area contributed by atoms with Crippen LogP contribution in [0.3, 0.4) is 0 Å². The Morgan fingerprint density at radius 2 is 1.39 bits per heavy atom. The van der Waals surface area contributed by atoms with Gasteiger partial charge in [0, 0.05) is 17.5 Å². The molecule has 0 unspecified atom stereocenters. The third-order valence-electron chi connectivity index (χ3n) is 5.39. The molecule has 33 heavy (non-hydrogen) atoms. The second-order valence-corrected chi connectivity index (χ2v) is 7.32. The summed E-state index contributed by atoms with van der Waals surface area (Å²) in [7, 11) is 6.31. The van der Waals surface area contributed by atoms with Gasteiger partial charge in [0.05, 0.1) is 28.4 Å². The van der Waals surface area contributed by atoms with Crippen molar-refractivity contribution >= 4 is 5.97 Å². The van der Waals surface area contributed by atoms with E-state index in [1.165, 1.54) is 6.07 Å². The fraction of sp³-hybridized carbons (Fsp3) is 0.269. The number of hydrogen-bond acceptors (Lipinski definition) is 6. The smallest absolute Gasteiger partial charge is 0.339 e. The summed E-state index contributed by atoms with van der Waals surface area (Å²) in [6.07, 6.45) is 0.561. The molecule has 1 N–H and O–H groups in total. The molecule has 3 aromatic carbocycles. The van der Waals surface area contributed by atoms with Crippen molar-refractivity contribution < 1.29 is 33.6 Å². The fourth-order valence-electron chi connectivity index (χ4n) is 3.83. The van der Waals surface area contributed by atoms with E-state index in [1.807, 2.05) is 31.2 Å². The van der Waals surface area contributed by atoms with Crippen LogP contribution < -0.4 is 23.7 Å². The Morgan fingerprint density at radius 1 is 0.788 bits per heavy atom. The van der Waals surface area contributed by atoms with Gasteiger partial charge >= 0.3 is 5.97 Å². The van der Waals surface area contributed by atoms with Crippen molar-refractivity contribution in [1.29, 1.82) is 0 Å². The molecular weight excluding hydrogens is 424 g/mol. The van der Waals surface area contributed by atoms with Crippen molar-refractivity contribution in [3.8, 4) is 28.7 Å². The van der Waals surface area contributed by atoms with Crippen molar-refractivity contribution in [2.45, 2.75) is 20.0 Å². The molecule has 0 heterocycles. The summed E-state index contributed by atoms with van der Waals surface area (Å²) in [4.78, 5) is 11.4. The van der Waals surface area contributed by atoms with E-state index in [2.05, 4.69) is 0 Å². The van der Waals surface area contributed by atoms with Gasteiger partial charge in [-0.2, -0.15) is 0 Å². The van der Waals surface area contributed by atoms with Gasteiger partial charge in [-0.1, -0.05) is 36.4 Å². The number of para-hydroxylation sites is 1. The van der Waals surface area contributed by atoms with Crippen molar-refractivity contribution in [1.82, 2.24) is 0 Å². The van der Waals surface area contributed by atoms with Gasteiger partial charge in [-0.3, -0.25) is 0 Å². The standard InChI is InChI=1S/C26H28O7/c1-16-20(23(30-3)25(32-5)24(31-4)22(16)29-2)14-17-9-8-10-18(13-17)15-33-21-12-7-6-11-19(21)26(27)28/h6-13H,14-15H2,1-5H3,(H,27,28). The largest absolute Gasteiger partial charge is 0.492 e. The molecule has 0 aromatic heterocycles. The van der Waals surface area contributed by atoms with Crippen molar-refractivity contribution in [3.05, 3.63) is 76.3 Å². The molecule has 0 atom stereocenters. The van der Waals surface area contributed by atoms with Gasteiger partial charge in [0.15, 0.2) is 11.5 Å². The molecule has 7 heteroatoms. The molecule has 0 aliphatic rings. The first kappa shape index (κ1) is 23.8. The molecule has 0 aliphatic carbocycles. The highest BCUT2D eigenvalue weighted by atomic mass is 16.5. The summed E-state index contributed by atoms with van der Waals surface area (Å²) in [5, 5.41) is 9.35. The van der Waals surface area contributed by atoms with Gasteiger partial charge in [0.1, 0.15) is 17.9 Å². The lowest BCUT2D eigenvalue weighted by Crippen LogP contribution is -2.06. The molecule has 0 saturated heterocycles. The van der Waals surface area contributed by atoms with Crippen LogP contribution in [0.2, 0.25) is 0 Å². The van der Waals surface area contributed by atoms with Crippen LogP contribution in [0.25, 0.3) is 0 Å². The maximum atomic E-state index is 11.4. The Balaban J connectivity index is 1.91. The fourth-order valence-corrected chi connectivity index (χ4v) is 3.83. The van der Waals surface area contributed by atoms with E-state index in [0.717, 1.165) is 22.3 Å². The lowest BCUT2D eigenvalue weighted by molar-refractivity contribution is 0.0691. The highest BCUT2D eigenvalue weighted by Gasteiger charge is 2.25. The number of rotatable bonds is 10. The van der Waals surface area contributed by atoms with Crippen LogP contribution in [-0.2, 0) is 13.0 Å². The van der Waals surface area contributed by atoms with Crippen molar-refractivity contribution in [3.63, 3.8) is 0 Å². The molecule has 0 fully saturated rings. The van der Waals surface area contributed by atoms with Crippen molar-refractivity contribution in [2.24, 2.45) is 0 Å². The van der Waals surface area contributed by atoms with Crippen LogP contribution in [-0.4, -0.2) is 39.5 Å². The number of ether oxygens (including phenoxy) is 5. The minimum Gasteiger partial charge on any atom is -0.492 e. The molecule has 0 spiro atoms. The van der Waals surface area contributed by atoms with Crippen molar-refractivity contribution in [2.75, 3.05) is 28.4 Å². The normalized spacial score (nSPS) is 10.5. The third kappa shape index (κ3) is 4.98. The predicted molar refractivity (Wildman–Crippen MR) is 124 cm³/mol. The number of carboxylic acids is 1. The number of methoxy groups -OCH3 is 4. The molecule has 0 aliphatic heterocycles. The third-order valence-corrected chi connectivity index (χ3v) is 5.39. The minimum absolute atomic E-state index is 0.131. The first-order chi connectivity index (χ1) is 15.9. The molecular formula is C26H28O7. The average molecular weight is 453 g/mol. The van der Waals surface area contributed by atoms with Gasteiger partial charge < -0.3 is 28.8 Å². The lowest BCUT2D eigenvalue weighted by atomic mass is 9.96. The summed E-state index contributed by atoms with van der Waals surface area (Å²) in [6.45, 7) is 2.19. The molecule has 3 aromatic rings. The van der Waals surface area contributed by atoms with E-state index in [0.29, 0.717) is 35.2 Å². The van der Waals surface area contributed by atoms with Gasteiger partial charge in [-0.15, -0.1) is 0 Å². The predicted octanol–water partition coefficient (Wildman–Crippen LogP) is 4.90. The molecule has 3 rings (SSSR count). The molecule has 0 amide bonds. The first-order valence-electron chi connectivity index (χ1n) is 10.3. The lowest BCUT2D eigenvalue weighted by Gasteiger charge is -2.21. The van der Waals surface area contributed by atoms with Crippen LogP contribution in [0.4, 0.5) is 0 Å². The number of carboxylic acid groups (broad SMARTS) is 1. The monoisotopic (exact) mass is 452 g/mol. The van der Waals surface area contributed by atoms with Gasteiger partial charge in [-0.05, 0) is 30.2 Å². The Morgan fingerprint density at radius 3 is 2.03 bits per heavy atom. The number of carbonyl (C=O) groups is 1. The van der Waals surface area contributed by atoms with Crippen LogP contribution in [0.1, 0.15) is 32.6 Å². The van der Waals surface area contributed by atoms with E-state index in [-0.39, 0.29) is 12.2 Å². The van der Waals surface area contributed by atoms with E-state index in [4.69, 9.17) is 23.7 Å². The number of benzene rings is 3. The quantitative estimate of drug-likeness (QED) is 0.469. The second kappa shape index (κ2) is 10.6. The highest BCUT2D eigenvalue weighted by Crippen LogP contribution is 2.49. The summed E-state index contributed by atoms with van der Waals surface area (Å²) in [6, 6.07) is 14.5. The Hall–Kier alpha value is -3.87. The summed E-state index contributed by atoms with van der Waals surface area (Å²) >= 11 is 0. The number of aromatic carboxylic acids is 1. The molecule has 174 valence electrons. The molecule has 0 radical (unpaired) electrons. The van der Waals surface area contributed by atoms with Crippen LogP contribution >= 0.6 is 0 Å². The maximum Gasteiger partial charge on any atom is 0.339 e. The Bertz CT molecular complexity index is 1140. The zero-order valence-electron chi connectivity index (χ0n) is 19.4. The first-order valence-corrected chi connectivity index (χ1v) is 10.3. The SMILES string of the molecule is COc1c(C)c(Cc2cccc(COc3ccccc3C(=O)O)c2)c(OC)c(OC)c1OC. The summed E-state index contributed by atoms with van der Waals surface area (Å²) in [5.74, 6) is 1.45. The second-order valence-electron chi connectivity index (χ2n) is 7.32. The maximum absolute atomic E-state index is 11.4. The minimum atomic E-state index is -1.02. The summed E-state index contributed by atoms with van der Waals surface area (Å²) < 4.78 is 28.2. The van der Waals surface area contributed by atoms with E-state index in [1.54, 1.807) is 46.6 Å². The average Bonchev–Trinajstić information content (AvgIpc) is 2.83. The van der Waals surface area contributed by atoms with Crippen LogP contribution in [0, 0.1) is 6.92 Å². The summed E-state index contributed by atoms with van der Waals surface area (Å²) in [5.41, 5.74) is 3.88. The highest BCUT2D eigenvalue weighted by molar-refractivity contribution is 5.90. The van der Waals surface area contributed by atoms with E-state index >= 15 is 0 Å². The van der Waals surface area contributed by atoms with E-state index in [9.17, 15) is 9.90 Å². The van der Waals surface area contributed by atoms with E-state index < -0.39 is 5.97 Å². The Kier molecular flexibility index (Phi) is 7.66. The van der Waals surface area contributed by atoms with Gasteiger partial charge in [0.25, 0.3) is 0 Å². The molecule has 7 nitrogen and oxygen atoms in total. The van der Waals surface area contributed by atoms with Crippen LogP contribution in [0.5, 0.6) is 28.7 Å². The molecule has 0 bridgehead atoms. The zero-order chi connectivity index (χ0) is 24.0. The zero-order valence-corrected chi connectivity index (χ0v) is 19.4. The van der Waals surface area contributed by atoms with Crippen LogP contribution in [0.15, 0.2) is 48.5 Å². The van der Waals surface area contributed by atoms with Gasteiger partial charge in [-0.25, -0.2) is 4.79 Å².